The molecule has 0 saturated heterocycles. The van der Waals surface area contributed by atoms with Crippen LogP contribution in [-0.4, -0.2) is 13.9 Å². The second kappa shape index (κ2) is 5.42. The molecule has 0 spiro atoms. The van der Waals surface area contributed by atoms with E-state index in [-0.39, 0.29) is 10.9 Å². The van der Waals surface area contributed by atoms with E-state index < -0.39 is 27.2 Å². The fraction of sp³-hybridized carbons (Fsp3) is 0.286. The minimum atomic E-state index is -5.83. The van der Waals surface area contributed by atoms with E-state index in [0.717, 1.165) is 12.1 Å². The molecular formula is C14H12F4O3S. The zero-order chi connectivity index (χ0) is 16.7. The highest BCUT2D eigenvalue weighted by Gasteiger charge is 2.49. The highest BCUT2D eigenvalue weighted by atomic mass is 32.2. The number of alkyl halides is 3. The van der Waals surface area contributed by atoms with Gasteiger partial charge < -0.3 is 4.18 Å². The summed E-state index contributed by atoms with van der Waals surface area (Å²) in [7, 11) is -5.83. The van der Waals surface area contributed by atoms with Gasteiger partial charge in [-0.15, -0.1) is 0 Å². The molecule has 2 aromatic carbocycles. The largest absolute Gasteiger partial charge is 0.534 e. The Bertz CT molecular complexity index is 826. The van der Waals surface area contributed by atoms with Crippen molar-refractivity contribution in [2.24, 2.45) is 0 Å². The standard InChI is InChI=1S/C14H12F4O3S/c1-3-9-6-10-4-5-11(15)7-12(10)13(8(9)2)21-22(19,20)14(16,17)18/h4-7H,3H2,1-2H3. The Balaban J connectivity index is 2.75. The van der Waals surface area contributed by atoms with Gasteiger partial charge in [-0.1, -0.05) is 19.1 Å². The molecule has 2 rings (SSSR count). The van der Waals surface area contributed by atoms with Crippen molar-refractivity contribution in [3.8, 4) is 5.75 Å². The van der Waals surface area contributed by atoms with Crippen LogP contribution in [0.1, 0.15) is 18.1 Å². The van der Waals surface area contributed by atoms with E-state index in [0.29, 0.717) is 17.4 Å². The lowest BCUT2D eigenvalue weighted by molar-refractivity contribution is -0.0499. The van der Waals surface area contributed by atoms with Gasteiger partial charge in [0.25, 0.3) is 0 Å². The highest BCUT2D eigenvalue weighted by Crippen LogP contribution is 2.36. The zero-order valence-electron chi connectivity index (χ0n) is 11.7. The molecule has 0 amide bonds. The molecule has 0 fully saturated rings. The van der Waals surface area contributed by atoms with Crippen molar-refractivity contribution in [2.45, 2.75) is 25.8 Å². The van der Waals surface area contributed by atoms with Crippen molar-refractivity contribution in [3.05, 3.63) is 41.2 Å². The molecule has 0 unspecified atom stereocenters. The minimum Gasteiger partial charge on any atom is -0.375 e. The Morgan fingerprint density at radius 2 is 1.82 bits per heavy atom. The summed E-state index contributed by atoms with van der Waals surface area (Å²) in [4.78, 5) is 0. The van der Waals surface area contributed by atoms with E-state index in [9.17, 15) is 26.0 Å². The lowest BCUT2D eigenvalue weighted by atomic mass is 9.99. The molecule has 8 heteroatoms. The van der Waals surface area contributed by atoms with E-state index in [4.69, 9.17) is 0 Å². The zero-order valence-corrected chi connectivity index (χ0v) is 12.5. The van der Waals surface area contributed by atoms with Crippen molar-refractivity contribution >= 4 is 20.9 Å². The van der Waals surface area contributed by atoms with E-state index >= 15 is 0 Å². The molecule has 3 nitrogen and oxygen atoms in total. The summed E-state index contributed by atoms with van der Waals surface area (Å²) < 4.78 is 77.8. The van der Waals surface area contributed by atoms with Crippen LogP contribution in [0.25, 0.3) is 10.8 Å². The van der Waals surface area contributed by atoms with E-state index in [1.807, 2.05) is 0 Å². The van der Waals surface area contributed by atoms with Crippen LogP contribution in [-0.2, 0) is 16.5 Å². The number of rotatable bonds is 3. The number of aryl methyl sites for hydroxylation is 1. The summed E-state index contributed by atoms with van der Waals surface area (Å²) >= 11 is 0. The van der Waals surface area contributed by atoms with Crippen LogP contribution in [0.5, 0.6) is 5.75 Å². The Morgan fingerprint density at radius 1 is 1.18 bits per heavy atom. The first-order valence-electron chi connectivity index (χ1n) is 6.29. The maximum atomic E-state index is 13.4. The summed E-state index contributed by atoms with van der Waals surface area (Å²) in [5.74, 6) is -1.20. The fourth-order valence-electron chi connectivity index (χ4n) is 2.13. The Labute approximate surface area is 124 Å². The number of fused-ring (bicyclic) bond motifs is 1. The molecule has 0 radical (unpaired) electrons. The Morgan fingerprint density at radius 3 is 2.36 bits per heavy atom. The third-order valence-corrected chi connectivity index (χ3v) is 4.22. The predicted molar refractivity (Wildman–Crippen MR) is 73.6 cm³/mol. The summed E-state index contributed by atoms with van der Waals surface area (Å²) in [6.07, 6.45) is 0.460. The van der Waals surface area contributed by atoms with Gasteiger partial charge in [0.05, 0.1) is 0 Å². The first-order valence-corrected chi connectivity index (χ1v) is 7.70. The molecule has 0 saturated carbocycles. The molecule has 0 aromatic heterocycles. The van der Waals surface area contributed by atoms with Crippen molar-refractivity contribution in [3.63, 3.8) is 0 Å². The number of hydrogen-bond donors (Lipinski definition) is 0. The van der Waals surface area contributed by atoms with Gasteiger partial charge in [-0.25, -0.2) is 4.39 Å². The van der Waals surface area contributed by atoms with Gasteiger partial charge in [0.1, 0.15) is 5.82 Å². The highest BCUT2D eigenvalue weighted by molar-refractivity contribution is 7.88. The van der Waals surface area contributed by atoms with Gasteiger partial charge >= 0.3 is 15.6 Å². The van der Waals surface area contributed by atoms with Gasteiger partial charge in [-0.05, 0) is 42.0 Å². The van der Waals surface area contributed by atoms with Gasteiger partial charge in [0, 0.05) is 5.39 Å². The molecule has 0 aliphatic heterocycles. The average Bonchev–Trinajstić information content (AvgIpc) is 2.40. The lowest BCUT2D eigenvalue weighted by Crippen LogP contribution is -2.28. The molecule has 0 bridgehead atoms. The van der Waals surface area contributed by atoms with Crippen LogP contribution >= 0.6 is 0 Å². The van der Waals surface area contributed by atoms with Gasteiger partial charge in [-0.2, -0.15) is 21.6 Å². The molecular weight excluding hydrogens is 324 g/mol. The van der Waals surface area contributed by atoms with Crippen LogP contribution in [0.4, 0.5) is 17.6 Å². The first-order chi connectivity index (χ1) is 10.1. The molecule has 0 aliphatic rings. The molecule has 0 heterocycles. The van der Waals surface area contributed by atoms with Crippen molar-refractivity contribution < 1.29 is 30.2 Å². The topological polar surface area (TPSA) is 43.4 Å². The fourth-order valence-corrected chi connectivity index (χ4v) is 2.66. The third-order valence-electron chi connectivity index (χ3n) is 3.27. The number of halogens is 4. The normalized spacial score (nSPS) is 12.6. The van der Waals surface area contributed by atoms with Crippen LogP contribution < -0.4 is 4.18 Å². The number of hydrogen-bond acceptors (Lipinski definition) is 3. The second-order valence-corrected chi connectivity index (χ2v) is 6.23. The molecule has 22 heavy (non-hydrogen) atoms. The summed E-state index contributed by atoms with van der Waals surface area (Å²) in [6, 6.07) is 5.11. The van der Waals surface area contributed by atoms with E-state index in [1.165, 1.54) is 13.0 Å². The predicted octanol–water partition coefficient (Wildman–Crippen LogP) is 4.08. The maximum absolute atomic E-state index is 13.4. The van der Waals surface area contributed by atoms with Crippen LogP contribution in [0.15, 0.2) is 24.3 Å². The van der Waals surface area contributed by atoms with Crippen LogP contribution in [0, 0.1) is 12.7 Å². The number of benzene rings is 2. The molecule has 0 atom stereocenters. The summed E-state index contributed by atoms with van der Waals surface area (Å²) in [5, 5.41) is 0.374. The summed E-state index contributed by atoms with van der Waals surface area (Å²) in [6.45, 7) is 3.20. The maximum Gasteiger partial charge on any atom is 0.534 e. The van der Waals surface area contributed by atoms with Gasteiger partial charge in [0.15, 0.2) is 5.75 Å². The SMILES string of the molecule is CCc1cc2ccc(F)cc2c(OS(=O)(=O)C(F)(F)F)c1C. The van der Waals surface area contributed by atoms with Crippen molar-refractivity contribution in [1.82, 2.24) is 0 Å². The average molecular weight is 336 g/mol. The van der Waals surface area contributed by atoms with Gasteiger partial charge in [0.2, 0.25) is 0 Å². The Hall–Kier alpha value is -1.83. The second-order valence-electron chi connectivity index (χ2n) is 4.69. The lowest BCUT2D eigenvalue weighted by Gasteiger charge is -2.16. The monoisotopic (exact) mass is 336 g/mol. The first kappa shape index (κ1) is 16.5. The van der Waals surface area contributed by atoms with Crippen molar-refractivity contribution in [2.75, 3.05) is 0 Å². The van der Waals surface area contributed by atoms with Crippen molar-refractivity contribution in [1.29, 1.82) is 0 Å². The molecule has 2 aromatic rings. The van der Waals surface area contributed by atoms with Gasteiger partial charge in [-0.3, -0.25) is 0 Å². The van der Waals surface area contributed by atoms with Crippen LogP contribution in [0.3, 0.4) is 0 Å². The quantitative estimate of drug-likeness (QED) is 0.482. The summed E-state index contributed by atoms with van der Waals surface area (Å²) in [5.41, 5.74) is -4.71. The third kappa shape index (κ3) is 2.87. The van der Waals surface area contributed by atoms with E-state index in [2.05, 4.69) is 4.18 Å². The smallest absolute Gasteiger partial charge is 0.375 e. The van der Waals surface area contributed by atoms with Crippen LogP contribution in [0.2, 0.25) is 0 Å². The van der Waals surface area contributed by atoms with E-state index in [1.54, 1.807) is 13.0 Å². The minimum absolute atomic E-state index is 0.0254. The molecule has 120 valence electrons. The Kier molecular flexibility index (Phi) is 4.08. The molecule has 0 N–H and O–H groups in total. The molecule has 0 aliphatic carbocycles.